The smallest absolute Gasteiger partial charge is 0.275 e. The molecule has 0 atom stereocenters. The summed E-state index contributed by atoms with van der Waals surface area (Å²) in [5, 5.41) is 13.3. The molecule has 4 aromatic heterocycles. The van der Waals surface area contributed by atoms with Crippen LogP contribution in [0.4, 0.5) is 0 Å². The van der Waals surface area contributed by atoms with Gasteiger partial charge in [-0.1, -0.05) is 18.2 Å². The summed E-state index contributed by atoms with van der Waals surface area (Å²) in [6, 6.07) is 14.0. The summed E-state index contributed by atoms with van der Waals surface area (Å²) >= 11 is 4.95. The summed E-state index contributed by atoms with van der Waals surface area (Å²) in [5.74, 6) is -0.0548. The third kappa shape index (κ3) is 3.73. The molecule has 0 aromatic carbocycles. The van der Waals surface area contributed by atoms with E-state index >= 15 is 0 Å². The van der Waals surface area contributed by atoms with E-state index in [1.807, 2.05) is 51.4 Å². The first kappa shape index (κ1) is 16.3. The summed E-state index contributed by atoms with van der Waals surface area (Å²) in [7, 11) is 0. The molecule has 0 fully saturated rings. The van der Waals surface area contributed by atoms with Crippen molar-refractivity contribution in [3.63, 3.8) is 0 Å². The molecule has 0 spiro atoms. The normalized spacial score (nSPS) is 10.9. The fourth-order valence-electron chi connectivity index (χ4n) is 2.53. The van der Waals surface area contributed by atoms with E-state index in [1.54, 1.807) is 34.0 Å². The predicted octanol–water partition coefficient (Wildman–Crippen LogP) is 5.10. The van der Waals surface area contributed by atoms with Crippen LogP contribution in [0.15, 0.2) is 58.6 Å². The number of carbonyl (C=O) groups is 1. The molecule has 0 saturated carbocycles. The maximum Gasteiger partial charge on any atom is 0.275 e. The number of nitrogens with zero attached hydrogens (tertiary/aromatic N) is 2. The van der Waals surface area contributed by atoms with Gasteiger partial charge in [-0.2, -0.15) is 5.10 Å². The van der Waals surface area contributed by atoms with Gasteiger partial charge in [-0.25, -0.2) is 0 Å². The fraction of sp³-hybridized carbons (Fsp3) is 0.111. The Morgan fingerprint density at radius 2 is 1.60 bits per heavy atom. The minimum Gasteiger partial charge on any atom is -0.327 e. The minimum absolute atomic E-state index is 0.0548. The Hall–Kier alpha value is -2.22. The Morgan fingerprint density at radius 3 is 2.16 bits per heavy atom. The van der Waals surface area contributed by atoms with Crippen molar-refractivity contribution in [3.8, 4) is 10.6 Å². The standard InChI is InChI=1S/C18H15N3OS3/c22-18(16-10-15(19-20-16)17-6-3-9-25-17)21(11-13-4-1-7-23-13)12-14-5-2-8-24-14/h1-10H,11-12H2,(H,19,20). The molecule has 0 unspecified atom stereocenters. The highest BCUT2D eigenvalue weighted by atomic mass is 32.1. The van der Waals surface area contributed by atoms with Crippen LogP contribution >= 0.6 is 34.0 Å². The van der Waals surface area contributed by atoms with Crippen molar-refractivity contribution >= 4 is 39.9 Å². The van der Waals surface area contributed by atoms with E-state index in [1.165, 1.54) is 9.75 Å². The first-order chi connectivity index (χ1) is 12.3. The summed E-state index contributed by atoms with van der Waals surface area (Å²) in [4.78, 5) is 18.3. The van der Waals surface area contributed by atoms with E-state index in [2.05, 4.69) is 22.3 Å². The lowest BCUT2D eigenvalue weighted by atomic mass is 10.2. The molecule has 0 aliphatic carbocycles. The molecule has 0 aliphatic heterocycles. The molecule has 0 radical (unpaired) electrons. The zero-order valence-electron chi connectivity index (χ0n) is 13.2. The molecule has 7 heteroatoms. The molecule has 4 aromatic rings. The topological polar surface area (TPSA) is 49.0 Å². The van der Waals surface area contributed by atoms with Crippen molar-refractivity contribution < 1.29 is 4.79 Å². The largest absolute Gasteiger partial charge is 0.327 e. The third-order valence-electron chi connectivity index (χ3n) is 3.72. The summed E-state index contributed by atoms with van der Waals surface area (Å²) in [6.07, 6.45) is 0. The minimum atomic E-state index is -0.0548. The van der Waals surface area contributed by atoms with E-state index in [9.17, 15) is 4.79 Å². The van der Waals surface area contributed by atoms with Crippen LogP contribution < -0.4 is 0 Å². The Kier molecular flexibility index (Phi) is 4.78. The van der Waals surface area contributed by atoms with Crippen LogP contribution in [0, 0.1) is 0 Å². The van der Waals surface area contributed by atoms with Crippen LogP contribution in [-0.4, -0.2) is 21.0 Å². The molecular weight excluding hydrogens is 370 g/mol. The Bertz CT molecular complexity index is 888. The van der Waals surface area contributed by atoms with Crippen molar-refractivity contribution in [2.75, 3.05) is 0 Å². The van der Waals surface area contributed by atoms with Gasteiger partial charge in [0.1, 0.15) is 0 Å². The highest BCUT2D eigenvalue weighted by Crippen LogP contribution is 2.24. The molecule has 4 rings (SSSR count). The second kappa shape index (κ2) is 7.35. The first-order valence-electron chi connectivity index (χ1n) is 7.73. The van der Waals surface area contributed by atoms with Crippen molar-refractivity contribution in [2.24, 2.45) is 0 Å². The van der Waals surface area contributed by atoms with E-state index < -0.39 is 0 Å². The number of hydrogen-bond acceptors (Lipinski definition) is 5. The number of aromatic amines is 1. The monoisotopic (exact) mass is 385 g/mol. The number of amides is 1. The van der Waals surface area contributed by atoms with Gasteiger partial charge in [0.05, 0.1) is 23.7 Å². The fourth-order valence-corrected chi connectivity index (χ4v) is 4.66. The quantitative estimate of drug-likeness (QED) is 0.502. The van der Waals surface area contributed by atoms with E-state index in [0.29, 0.717) is 18.8 Å². The molecule has 1 N–H and O–H groups in total. The molecule has 25 heavy (non-hydrogen) atoms. The van der Waals surface area contributed by atoms with Crippen molar-refractivity contribution in [1.82, 2.24) is 15.1 Å². The van der Waals surface area contributed by atoms with Gasteiger partial charge in [-0.3, -0.25) is 9.89 Å². The lowest BCUT2D eigenvalue weighted by Crippen LogP contribution is -2.29. The Balaban J connectivity index is 1.58. The number of thiophene rings is 3. The van der Waals surface area contributed by atoms with Gasteiger partial charge in [0.15, 0.2) is 5.69 Å². The van der Waals surface area contributed by atoms with Crippen LogP contribution in [-0.2, 0) is 13.1 Å². The average molecular weight is 386 g/mol. The van der Waals surface area contributed by atoms with Gasteiger partial charge in [0.2, 0.25) is 0 Å². The predicted molar refractivity (Wildman–Crippen MR) is 104 cm³/mol. The molecule has 0 saturated heterocycles. The molecule has 0 aliphatic rings. The molecule has 4 nitrogen and oxygen atoms in total. The molecule has 1 amide bonds. The SMILES string of the molecule is O=C(c1cc(-c2cccs2)[nH]n1)N(Cc1cccs1)Cc1cccs1. The van der Waals surface area contributed by atoms with Gasteiger partial charge in [0, 0.05) is 9.75 Å². The van der Waals surface area contributed by atoms with Crippen LogP contribution in [0.25, 0.3) is 10.6 Å². The van der Waals surface area contributed by atoms with E-state index in [4.69, 9.17) is 0 Å². The van der Waals surface area contributed by atoms with Gasteiger partial charge < -0.3 is 4.90 Å². The summed E-state index contributed by atoms with van der Waals surface area (Å²) < 4.78 is 0. The van der Waals surface area contributed by atoms with Crippen molar-refractivity contribution in [2.45, 2.75) is 13.1 Å². The summed E-state index contributed by atoms with van der Waals surface area (Å²) in [5.41, 5.74) is 1.34. The van der Waals surface area contributed by atoms with Gasteiger partial charge >= 0.3 is 0 Å². The van der Waals surface area contributed by atoms with Gasteiger partial charge in [-0.05, 0) is 40.4 Å². The molecule has 126 valence electrons. The molecular formula is C18H15N3OS3. The van der Waals surface area contributed by atoms with Crippen LogP contribution in [0.3, 0.4) is 0 Å². The number of nitrogens with one attached hydrogen (secondary N) is 1. The van der Waals surface area contributed by atoms with E-state index in [-0.39, 0.29) is 5.91 Å². The van der Waals surface area contributed by atoms with Crippen molar-refractivity contribution in [1.29, 1.82) is 0 Å². The van der Waals surface area contributed by atoms with Crippen LogP contribution in [0.1, 0.15) is 20.2 Å². The van der Waals surface area contributed by atoms with E-state index in [0.717, 1.165) is 10.6 Å². The Labute approximate surface area is 157 Å². The number of aromatic nitrogens is 2. The van der Waals surface area contributed by atoms with Gasteiger partial charge in [0.25, 0.3) is 5.91 Å². The number of hydrogen-bond donors (Lipinski definition) is 1. The number of carbonyl (C=O) groups excluding carboxylic acids is 1. The lowest BCUT2D eigenvalue weighted by Gasteiger charge is -2.20. The third-order valence-corrected chi connectivity index (χ3v) is 6.35. The van der Waals surface area contributed by atoms with Crippen molar-refractivity contribution in [3.05, 3.63) is 74.1 Å². The maximum absolute atomic E-state index is 13.0. The second-order valence-corrected chi connectivity index (χ2v) is 8.48. The summed E-state index contributed by atoms with van der Waals surface area (Å²) in [6.45, 7) is 1.19. The zero-order chi connectivity index (χ0) is 17.1. The van der Waals surface area contributed by atoms with Crippen LogP contribution in [0.5, 0.6) is 0 Å². The van der Waals surface area contributed by atoms with Crippen LogP contribution in [0.2, 0.25) is 0 Å². The number of H-pyrrole nitrogens is 1. The van der Waals surface area contributed by atoms with Gasteiger partial charge in [-0.15, -0.1) is 34.0 Å². The zero-order valence-corrected chi connectivity index (χ0v) is 15.7. The lowest BCUT2D eigenvalue weighted by molar-refractivity contribution is 0.0727. The second-order valence-electron chi connectivity index (χ2n) is 5.46. The Morgan fingerprint density at radius 1 is 0.960 bits per heavy atom. The first-order valence-corrected chi connectivity index (χ1v) is 10.4. The highest BCUT2D eigenvalue weighted by molar-refractivity contribution is 7.13. The highest BCUT2D eigenvalue weighted by Gasteiger charge is 2.20. The molecule has 4 heterocycles. The molecule has 0 bridgehead atoms. The maximum atomic E-state index is 13.0. The number of rotatable bonds is 6. The average Bonchev–Trinajstić information content (AvgIpc) is 3.41.